The highest BCUT2D eigenvalue weighted by molar-refractivity contribution is 5.98. The monoisotopic (exact) mass is 362 g/mol. The van der Waals surface area contributed by atoms with Crippen LogP contribution in [-0.2, 0) is 35.0 Å². The predicted molar refractivity (Wildman–Crippen MR) is 88.9 cm³/mol. The number of ketones is 1. The summed E-state index contributed by atoms with van der Waals surface area (Å²) in [5, 5.41) is 0. The molecule has 26 heavy (non-hydrogen) atoms. The molecular formula is C20H17F3O3. The van der Waals surface area contributed by atoms with E-state index in [1.54, 1.807) is 6.07 Å². The number of alkyl halides is 3. The van der Waals surface area contributed by atoms with Crippen molar-refractivity contribution >= 4 is 11.8 Å². The first kappa shape index (κ1) is 18.2. The molecule has 0 unspecified atom stereocenters. The Labute approximate surface area is 148 Å². The molecule has 0 fully saturated rings. The second kappa shape index (κ2) is 7.32. The summed E-state index contributed by atoms with van der Waals surface area (Å²) in [5.74, 6) is -1.06. The Morgan fingerprint density at radius 3 is 2.54 bits per heavy atom. The molecular weight excluding hydrogens is 345 g/mol. The van der Waals surface area contributed by atoms with Crippen LogP contribution in [0.2, 0.25) is 0 Å². The summed E-state index contributed by atoms with van der Waals surface area (Å²) >= 11 is 0. The number of rotatable bonds is 5. The van der Waals surface area contributed by atoms with Crippen molar-refractivity contribution in [2.75, 3.05) is 6.61 Å². The normalized spacial score (nSPS) is 13.3. The first-order valence-corrected chi connectivity index (χ1v) is 8.30. The molecule has 0 bridgehead atoms. The summed E-state index contributed by atoms with van der Waals surface area (Å²) in [6, 6.07) is 9.95. The van der Waals surface area contributed by atoms with E-state index in [0.29, 0.717) is 5.56 Å². The molecule has 0 heterocycles. The standard InChI is InChI=1S/C20H17F3O3/c21-20(22,23)17-6-1-3-13(9-17)10-19(25)26-12-18(24)16-8-7-14-4-2-5-15(14)11-16/h1,3,6-9,11H,2,4-5,10,12H2. The Morgan fingerprint density at radius 2 is 1.77 bits per heavy atom. The van der Waals surface area contributed by atoms with Crippen LogP contribution in [0.5, 0.6) is 0 Å². The smallest absolute Gasteiger partial charge is 0.416 e. The minimum Gasteiger partial charge on any atom is -0.457 e. The molecule has 0 atom stereocenters. The third kappa shape index (κ3) is 4.31. The maximum Gasteiger partial charge on any atom is 0.416 e. The maximum absolute atomic E-state index is 12.7. The zero-order valence-corrected chi connectivity index (χ0v) is 13.9. The van der Waals surface area contributed by atoms with Gasteiger partial charge in [-0.15, -0.1) is 0 Å². The third-order valence-corrected chi connectivity index (χ3v) is 4.39. The van der Waals surface area contributed by atoms with Crippen LogP contribution in [0.3, 0.4) is 0 Å². The number of carbonyl (C=O) groups is 2. The number of aryl methyl sites for hydroxylation is 2. The first-order valence-electron chi connectivity index (χ1n) is 8.30. The van der Waals surface area contributed by atoms with Gasteiger partial charge in [-0.05, 0) is 48.1 Å². The van der Waals surface area contributed by atoms with E-state index in [1.807, 2.05) is 12.1 Å². The van der Waals surface area contributed by atoms with E-state index in [4.69, 9.17) is 4.74 Å². The minimum absolute atomic E-state index is 0.190. The van der Waals surface area contributed by atoms with Gasteiger partial charge in [0.2, 0.25) is 0 Å². The number of carbonyl (C=O) groups excluding carboxylic acids is 2. The average molecular weight is 362 g/mol. The highest BCUT2D eigenvalue weighted by Gasteiger charge is 2.30. The SMILES string of the molecule is O=C(Cc1cccc(C(F)(F)F)c1)OCC(=O)c1ccc2c(c1)CCC2. The highest BCUT2D eigenvalue weighted by Crippen LogP contribution is 2.29. The van der Waals surface area contributed by atoms with Gasteiger partial charge in [-0.3, -0.25) is 9.59 Å². The molecule has 6 heteroatoms. The molecule has 0 amide bonds. The molecule has 0 saturated heterocycles. The topological polar surface area (TPSA) is 43.4 Å². The fourth-order valence-corrected chi connectivity index (χ4v) is 3.05. The number of hydrogen-bond acceptors (Lipinski definition) is 3. The van der Waals surface area contributed by atoms with Gasteiger partial charge < -0.3 is 4.74 Å². The zero-order valence-electron chi connectivity index (χ0n) is 13.9. The zero-order chi connectivity index (χ0) is 18.7. The summed E-state index contributed by atoms with van der Waals surface area (Å²) in [4.78, 5) is 24.0. The second-order valence-electron chi connectivity index (χ2n) is 6.30. The molecule has 0 aromatic heterocycles. The Hall–Kier alpha value is -2.63. The third-order valence-electron chi connectivity index (χ3n) is 4.39. The lowest BCUT2D eigenvalue weighted by molar-refractivity contribution is -0.142. The molecule has 0 saturated carbocycles. The lowest BCUT2D eigenvalue weighted by atomic mass is 10.0. The Kier molecular flexibility index (Phi) is 5.11. The maximum atomic E-state index is 12.7. The molecule has 136 valence electrons. The second-order valence-corrected chi connectivity index (χ2v) is 6.30. The fourth-order valence-electron chi connectivity index (χ4n) is 3.05. The molecule has 3 nitrogen and oxygen atoms in total. The average Bonchev–Trinajstić information content (AvgIpc) is 3.07. The van der Waals surface area contributed by atoms with Crippen molar-refractivity contribution in [3.05, 3.63) is 70.3 Å². The quantitative estimate of drug-likeness (QED) is 0.592. The van der Waals surface area contributed by atoms with E-state index >= 15 is 0 Å². The van der Waals surface area contributed by atoms with Gasteiger partial charge in [0.15, 0.2) is 12.4 Å². The van der Waals surface area contributed by atoms with E-state index in [1.165, 1.54) is 17.7 Å². The van der Waals surface area contributed by atoms with E-state index < -0.39 is 24.3 Å². The molecule has 2 aromatic carbocycles. The molecule has 3 rings (SSSR count). The number of esters is 1. The fraction of sp³-hybridized carbons (Fsp3) is 0.300. The van der Waals surface area contributed by atoms with Crippen LogP contribution in [0, 0.1) is 0 Å². The van der Waals surface area contributed by atoms with Gasteiger partial charge in [0.25, 0.3) is 0 Å². The van der Waals surface area contributed by atoms with Crippen LogP contribution in [0.15, 0.2) is 42.5 Å². The van der Waals surface area contributed by atoms with Crippen LogP contribution >= 0.6 is 0 Å². The summed E-state index contributed by atoms with van der Waals surface area (Å²) < 4.78 is 43.0. The van der Waals surface area contributed by atoms with Gasteiger partial charge in [-0.25, -0.2) is 0 Å². The van der Waals surface area contributed by atoms with Gasteiger partial charge in [0.05, 0.1) is 12.0 Å². The Balaban J connectivity index is 1.56. The number of halogens is 3. The van der Waals surface area contributed by atoms with Crippen LogP contribution in [0.25, 0.3) is 0 Å². The number of Topliss-reactive ketones (excluding diaryl/α,β-unsaturated/α-hetero) is 1. The van der Waals surface area contributed by atoms with Crippen molar-refractivity contribution in [2.45, 2.75) is 31.9 Å². The summed E-state index contributed by atoms with van der Waals surface area (Å²) in [6.07, 6.45) is -1.77. The van der Waals surface area contributed by atoms with Crippen molar-refractivity contribution < 1.29 is 27.5 Å². The number of hydrogen-bond donors (Lipinski definition) is 0. The molecule has 0 spiro atoms. The van der Waals surface area contributed by atoms with Crippen molar-refractivity contribution in [1.29, 1.82) is 0 Å². The number of fused-ring (bicyclic) bond motifs is 1. The molecule has 1 aliphatic rings. The van der Waals surface area contributed by atoms with Gasteiger partial charge in [-0.1, -0.05) is 30.3 Å². The van der Waals surface area contributed by atoms with Gasteiger partial charge in [0, 0.05) is 5.56 Å². The van der Waals surface area contributed by atoms with Gasteiger partial charge in [0.1, 0.15) is 0 Å². The van der Waals surface area contributed by atoms with Crippen molar-refractivity contribution in [3.63, 3.8) is 0 Å². The Morgan fingerprint density at radius 1 is 1.00 bits per heavy atom. The van der Waals surface area contributed by atoms with Crippen LogP contribution < -0.4 is 0 Å². The minimum atomic E-state index is -4.47. The van der Waals surface area contributed by atoms with Crippen molar-refractivity contribution in [1.82, 2.24) is 0 Å². The molecule has 0 radical (unpaired) electrons. The summed E-state index contributed by atoms with van der Waals surface area (Å²) in [6.45, 7) is -0.420. The van der Waals surface area contributed by atoms with E-state index in [9.17, 15) is 22.8 Å². The first-order chi connectivity index (χ1) is 12.3. The number of ether oxygens (including phenoxy) is 1. The van der Waals surface area contributed by atoms with Crippen LogP contribution in [0.1, 0.15) is 39.0 Å². The Bertz CT molecular complexity index is 840. The highest BCUT2D eigenvalue weighted by atomic mass is 19.4. The van der Waals surface area contributed by atoms with Crippen molar-refractivity contribution in [3.8, 4) is 0 Å². The molecule has 1 aliphatic carbocycles. The lowest BCUT2D eigenvalue weighted by Crippen LogP contribution is -2.16. The van der Waals surface area contributed by atoms with Crippen molar-refractivity contribution in [2.24, 2.45) is 0 Å². The predicted octanol–water partition coefficient (Wildman–Crippen LogP) is 4.16. The molecule has 0 aliphatic heterocycles. The van der Waals surface area contributed by atoms with E-state index in [0.717, 1.165) is 37.0 Å². The summed E-state index contributed by atoms with van der Waals surface area (Å²) in [7, 11) is 0. The molecule has 0 N–H and O–H groups in total. The van der Waals surface area contributed by atoms with Gasteiger partial charge >= 0.3 is 12.1 Å². The van der Waals surface area contributed by atoms with Crippen LogP contribution in [0.4, 0.5) is 13.2 Å². The largest absolute Gasteiger partial charge is 0.457 e. The van der Waals surface area contributed by atoms with Gasteiger partial charge in [-0.2, -0.15) is 13.2 Å². The lowest BCUT2D eigenvalue weighted by Gasteiger charge is -2.09. The number of benzene rings is 2. The van der Waals surface area contributed by atoms with E-state index in [2.05, 4.69) is 0 Å². The molecule has 2 aromatic rings. The van der Waals surface area contributed by atoms with Crippen LogP contribution in [-0.4, -0.2) is 18.4 Å². The van der Waals surface area contributed by atoms with E-state index in [-0.39, 0.29) is 17.8 Å². The summed E-state index contributed by atoms with van der Waals surface area (Å²) in [5.41, 5.74) is 2.23.